The van der Waals surface area contributed by atoms with E-state index in [4.69, 9.17) is 0 Å². The zero-order valence-corrected chi connectivity index (χ0v) is 10.5. The highest BCUT2D eigenvalue weighted by Gasteiger charge is 2.28. The van der Waals surface area contributed by atoms with Gasteiger partial charge in [-0.1, -0.05) is 32.6 Å². The molecular weight excluding hydrogens is 186 g/mol. The first kappa shape index (κ1) is 13.0. The summed E-state index contributed by atoms with van der Waals surface area (Å²) in [4.78, 5) is 2.34. The molecule has 1 rings (SSSR count). The molecule has 0 spiro atoms. The Labute approximate surface area is 94.7 Å². The summed E-state index contributed by atoms with van der Waals surface area (Å²) in [5.74, 6) is 0. The molecule has 1 atom stereocenters. The number of rotatable bonds is 5. The first-order valence-electron chi connectivity index (χ1n) is 6.57. The topological polar surface area (TPSA) is 23.5 Å². The SMILES string of the molecule is CCCCCCC1(O)CCCN(C)CC1. The molecule has 2 heteroatoms. The summed E-state index contributed by atoms with van der Waals surface area (Å²) in [5, 5.41) is 10.4. The molecule has 90 valence electrons. The molecule has 0 aromatic heterocycles. The molecule has 0 aromatic rings. The normalized spacial score (nSPS) is 29.0. The predicted molar refractivity (Wildman–Crippen MR) is 65.1 cm³/mol. The first-order chi connectivity index (χ1) is 7.16. The minimum atomic E-state index is -0.349. The summed E-state index contributed by atoms with van der Waals surface area (Å²) in [5.41, 5.74) is -0.349. The van der Waals surface area contributed by atoms with Crippen LogP contribution >= 0.6 is 0 Å². The summed E-state index contributed by atoms with van der Waals surface area (Å²) in [7, 11) is 2.16. The third-order valence-corrected chi connectivity index (χ3v) is 3.64. The smallest absolute Gasteiger partial charge is 0.0660 e. The van der Waals surface area contributed by atoms with Gasteiger partial charge >= 0.3 is 0 Å². The lowest BCUT2D eigenvalue weighted by Crippen LogP contribution is -2.30. The fourth-order valence-corrected chi connectivity index (χ4v) is 2.44. The maximum atomic E-state index is 10.4. The Bertz CT molecular complexity index is 172. The zero-order valence-electron chi connectivity index (χ0n) is 10.5. The highest BCUT2D eigenvalue weighted by molar-refractivity contribution is 4.82. The molecule has 15 heavy (non-hydrogen) atoms. The molecule has 1 aliphatic rings. The molecule has 0 aromatic carbocycles. The van der Waals surface area contributed by atoms with E-state index in [2.05, 4.69) is 18.9 Å². The second kappa shape index (κ2) is 6.49. The molecule has 1 N–H and O–H groups in total. The van der Waals surface area contributed by atoms with Gasteiger partial charge < -0.3 is 10.0 Å². The number of hydrogen-bond donors (Lipinski definition) is 1. The van der Waals surface area contributed by atoms with Crippen molar-refractivity contribution in [3.8, 4) is 0 Å². The molecule has 1 unspecified atom stereocenters. The number of aliphatic hydroxyl groups is 1. The lowest BCUT2D eigenvalue weighted by molar-refractivity contribution is 0.0151. The Kier molecular flexibility index (Phi) is 5.62. The quantitative estimate of drug-likeness (QED) is 0.710. The van der Waals surface area contributed by atoms with E-state index in [-0.39, 0.29) is 5.60 Å². The van der Waals surface area contributed by atoms with Crippen molar-refractivity contribution in [3.63, 3.8) is 0 Å². The van der Waals surface area contributed by atoms with Crippen molar-refractivity contribution < 1.29 is 5.11 Å². The van der Waals surface area contributed by atoms with Gasteiger partial charge in [-0.05, 0) is 39.3 Å². The van der Waals surface area contributed by atoms with Gasteiger partial charge in [-0.3, -0.25) is 0 Å². The summed E-state index contributed by atoms with van der Waals surface area (Å²) in [6, 6.07) is 0. The van der Waals surface area contributed by atoms with Gasteiger partial charge in [0.15, 0.2) is 0 Å². The minimum absolute atomic E-state index is 0.349. The fourth-order valence-electron chi connectivity index (χ4n) is 2.44. The molecule has 0 saturated carbocycles. The summed E-state index contributed by atoms with van der Waals surface area (Å²) < 4.78 is 0. The average Bonchev–Trinajstić information content (AvgIpc) is 2.37. The number of likely N-dealkylation sites (tertiary alicyclic amines) is 1. The monoisotopic (exact) mass is 213 g/mol. The van der Waals surface area contributed by atoms with E-state index in [1.54, 1.807) is 0 Å². The van der Waals surface area contributed by atoms with E-state index in [1.807, 2.05) is 0 Å². The predicted octanol–water partition coefficient (Wildman–Crippen LogP) is 2.80. The maximum absolute atomic E-state index is 10.4. The van der Waals surface area contributed by atoms with Crippen molar-refractivity contribution in [3.05, 3.63) is 0 Å². The third-order valence-electron chi connectivity index (χ3n) is 3.64. The largest absolute Gasteiger partial charge is 0.390 e. The van der Waals surface area contributed by atoms with Gasteiger partial charge in [-0.2, -0.15) is 0 Å². The van der Waals surface area contributed by atoms with Crippen LogP contribution < -0.4 is 0 Å². The highest BCUT2D eigenvalue weighted by atomic mass is 16.3. The molecule has 0 aliphatic carbocycles. The van der Waals surface area contributed by atoms with Crippen LogP contribution in [0.2, 0.25) is 0 Å². The van der Waals surface area contributed by atoms with E-state index >= 15 is 0 Å². The van der Waals surface area contributed by atoms with Crippen LogP contribution in [0.3, 0.4) is 0 Å². The van der Waals surface area contributed by atoms with E-state index < -0.39 is 0 Å². The van der Waals surface area contributed by atoms with Crippen LogP contribution in [0, 0.1) is 0 Å². The number of nitrogens with zero attached hydrogens (tertiary/aromatic N) is 1. The van der Waals surface area contributed by atoms with E-state index in [9.17, 15) is 5.11 Å². The van der Waals surface area contributed by atoms with Gasteiger partial charge in [0.1, 0.15) is 0 Å². The van der Waals surface area contributed by atoms with E-state index in [0.29, 0.717) is 0 Å². The molecule has 0 radical (unpaired) electrons. The number of unbranched alkanes of at least 4 members (excludes halogenated alkanes) is 3. The molecule has 0 amide bonds. The van der Waals surface area contributed by atoms with E-state index in [1.165, 1.54) is 25.7 Å². The van der Waals surface area contributed by atoms with Gasteiger partial charge in [0, 0.05) is 6.54 Å². The van der Waals surface area contributed by atoms with Gasteiger partial charge in [0.05, 0.1) is 5.60 Å². The van der Waals surface area contributed by atoms with E-state index in [0.717, 1.165) is 38.8 Å². The van der Waals surface area contributed by atoms with Gasteiger partial charge in [-0.25, -0.2) is 0 Å². The molecule has 1 aliphatic heterocycles. The van der Waals surface area contributed by atoms with Crippen LogP contribution in [0.25, 0.3) is 0 Å². The number of hydrogen-bond acceptors (Lipinski definition) is 2. The second-order valence-electron chi connectivity index (χ2n) is 5.19. The second-order valence-corrected chi connectivity index (χ2v) is 5.19. The summed E-state index contributed by atoms with van der Waals surface area (Å²) in [6.07, 6.45) is 9.22. The minimum Gasteiger partial charge on any atom is -0.390 e. The van der Waals surface area contributed by atoms with Gasteiger partial charge in [0.25, 0.3) is 0 Å². The Morgan fingerprint density at radius 2 is 1.93 bits per heavy atom. The summed E-state index contributed by atoms with van der Waals surface area (Å²) in [6.45, 7) is 4.44. The van der Waals surface area contributed by atoms with Crippen molar-refractivity contribution in [2.45, 2.75) is 63.9 Å². The Morgan fingerprint density at radius 1 is 1.13 bits per heavy atom. The Morgan fingerprint density at radius 3 is 2.67 bits per heavy atom. The zero-order chi connectivity index (χ0) is 11.1. The Balaban J connectivity index is 2.24. The molecule has 1 heterocycles. The van der Waals surface area contributed by atoms with Crippen LogP contribution in [0.5, 0.6) is 0 Å². The van der Waals surface area contributed by atoms with Crippen molar-refractivity contribution >= 4 is 0 Å². The maximum Gasteiger partial charge on any atom is 0.0660 e. The van der Waals surface area contributed by atoms with Crippen LogP contribution in [0.15, 0.2) is 0 Å². The fraction of sp³-hybridized carbons (Fsp3) is 1.00. The van der Waals surface area contributed by atoms with Crippen LogP contribution in [0.1, 0.15) is 58.3 Å². The van der Waals surface area contributed by atoms with Crippen LogP contribution in [-0.2, 0) is 0 Å². The first-order valence-corrected chi connectivity index (χ1v) is 6.57. The van der Waals surface area contributed by atoms with Crippen molar-refractivity contribution in [2.24, 2.45) is 0 Å². The standard InChI is InChI=1S/C13H27NO/c1-3-4-5-6-8-13(15)9-7-11-14(2)12-10-13/h15H,3-12H2,1-2H3. The summed E-state index contributed by atoms with van der Waals surface area (Å²) >= 11 is 0. The van der Waals surface area contributed by atoms with Crippen LogP contribution in [-0.4, -0.2) is 35.7 Å². The lowest BCUT2D eigenvalue weighted by Gasteiger charge is -2.26. The molecule has 0 bridgehead atoms. The van der Waals surface area contributed by atoms with Crippen molar-refractivity contribution in [1.82, 2.24) is 4.90 Å². The Hall–Kier alpha value is -0.0800. The third kappa shape index (κ3) is 4.98. The van der Waals surface area contributed by atoms with Crippen molar-refractivity contribution in [1.29, 1.82) is 0 Å². The highest BCUT2D eigenvalue weighted by Crippen LogP contribution is 2.27. The average molecular weight is 213 g/mol. The molecular formula is C13H27NO. The lowest BCUT2D eigenvalue weighted by atomic mass is 9.89. The molecule has 1 fully saturated rings. The van der Waals surface area contributed by atoms with Gasteiger partial charge in [0.2, 0.25) is 0 Å². The van der Waals surface area contributed by atoms with Crippen molar-refractivity contribution in [2.75, 3.05) is 20.1 Å². The van der Waals surface area contributed by atoms with Gasteiger partial charge in [-0.15, -0.1) is 0 Å². The van der Waals surface area contributed by atoms with Crippen LogP contribution in [0.4, 0.5) is 0 Å². The molecule has 2 nitrogen and oxygen atoms in total. The molecule has 1 saturated heterocycles.